The van der Waals surface area contributed by atoms with Crippen molar-refractivity contribution in [3.8, 4) is 0 Å². The number of nitro groups is 1. The Bertz CT molecular complexity index is 527. The van der Waals surface area contributed by atoms with Crippen molar-refractivity contribution in [2.75, 3.05) is 0 Å². The molecule has 0 atom stereocenters. The standard InChI is InChI=1S/C13H15ClN2O4/c14-8-1-6-12(16(19)20)11(7-8)13(18)15-9-2-4-10(17)5-3-9/h1,6-7,9-10,17H,2-5H2,(H,15,18). The number of hydrogen-bond acceptors (Lipinski definition) is 4. The minimum atomic E-state index is -0.601. The summed E-state index contributed by atoms with van der Waals surface area (Å²) >= 11 is 5.79. The zero-order valence-electron chi connectivity index (χ0n) is 10.7. The molecule has 2 rings (SSSR count). The molecule has 0 unspecified atom stereocenters. The van der Waals surface area contributed by atoms with Gasteiger partial charge in [0.1, 0.15) is 5.56 Å². The lowest BCUT2D eigenvalue weighted by Gasteiger charge is -2.26. The fraction of sp³-hybridized carbons (Fsp3) is 0.462. The van der Waals surface area contributed by atoms with Crippen LogP contribution in [0.15, 0.2) is 18.2 Å². The van der Waals surface area contributed by atoms with Gasteiger partial charge in [0.25, 0.3) is 11.6 Å². The molecular weight excluding hydrogens is 284 g/mol. The number of carbonyl (C=O) groups is 1. The molecule has 0 spiro atoms. The van der Waals surface area contributed by atoms with E-state index in [-0.39, 0.29) is 28.4 Å². The predicted octanol–water partition coefficient (Wildman–Crippen LogP) is 2.28. The summed E-state index contributed by atoms with van der Waals surface area (Å²) in [5, 5.41) is 23.4. The van der Waals surface area contributed by atoms with Crippen molar-refractivity contribution >= 4 is 23.2 Å². The normalized spacial score (nSPS) is 22.3. The molecule has 1 amide bonds. The summed E-state index contributed by atoms with van der Waals surface area (Å²) in [7, 11) is 0. The van der Waals surface area contributed by atoms with Crippen LogP contribution in [0.4, 0.5) is 5.69 Å². The Kier molecular flexibility index (Phi) is 4.57. The number of carbonyl (C=O) groups excluding carboxylic acids is 1. The van der Waals surface area contributed by atoms with Gasteiger partial charge in [-0.2, -0.15) is 0 Å². The van der Waals surface area contributed by atoms with Crippen LogP contribution >= 0.6 is 11.6 Å². The number of benzene rings is 1. The number of rotatable bonds is 3. The largest absolute Gasteiger partial charge is 0.393 e. The van der Waals surface area contributed by atoms with Crippen LogP contribution in [-0.4, -0.2) is 28.1 Å². The molecule has 1 aliphatic rings. The summed E-state index contributed by atoms with van der Waals surface area (Å²) in [5.74, 6) is -0.499. The molecule has 0 bridgehead atoms. The third-order valence-corrected chi connectivity index (χ3v) is 3.67. The Morgan fingerprint density at radius 2 is 2.00 bits per heavy atom. The topological polar surface area (TPSA) is 92.5 Å². The van der Waals surface area contributed by atoms with Crippen LogP contribution in [0.3, 0.4) is 0 Å². The summed E-state index contributed by atoms with van der Waals surface area (Å²) in [6, 6.07) is 3.84. The van der Waals surface area contributed by atoms with Crippen molar-refractivity contribution in [1.82, 2.24) is 5.32 Å². The number of halogens is 1. The van der Waals surface area contributed by atoms with Crippen LogP contribution in [0.5, 0.6) is 0 Å². The maximum atomic E-state index is 12.1. The number of nitrogens with one attached hydrogen (secondary N) is 1. The Hall–Kier alpha value is -1.66. The van der Waals surface area contributed by atoms with Gasteiger partial charge in [0, 0.05) is 17.1 Å². The number of nitro benzene ring substituents is 1. The second kappa shape index (κ2) is 6.19. The second-order valence-corrected chi connectivity index (χ2v) is 5.33. The van der Waals surface area contributed by atoms with E-state index in [1.54, 1.807) is 0 Å². The van der Waals surface area contributed by atoms with Crippen LogP contribution in [0.1, 0.15) is 36.0 Å². The fourth-order valence-electron chi connectivity index (χ4n) is 2.33. The van der Waals surface area contributed by atoms with Gasteiger partial charge in [-0.25, -0.2) is 0 Å². The van der Waals surface area contributed by atoms with Gasteiger partial charge in [-0.05, 0) is 37.8 Å². The molecule has 0 radical (unpaired) electrons. The van der Waals surface area contributed by atoms with Gasteiger partial charge in [-0.15, -0.1) is 0 Å². The van der Waals surface area contributed by atoms with Gasteiger partial charge in [-0.1, -0.05) is 11.6 Å². The van der Waals surface area contributed by atoms with E-state index in [4.69, 9.17) is 11.6 Å². The molecule has 1 aliphatic carbocycles. The van der Waals surface area contributed by atoms with Gasteiger partial charge in [0.05, 0.1) is 11.0 Å². The summed E-state index contributed by atoms with van der Waals surface area (Å²) < 4.78 is 0. The lowest BCUT2D eigenvalue weighted by Crippen LogP contribution is -2.38. The summed E-state index contributed by atoms with van der Waals surface area (Å²) in [6.07, 6.45) is 2.27. The Morgan fingerprint density at radius 3 is 2.60 bits per heavy atom. The van der Waals surface area contributed by atoms with E-state index in [0.717, 1.165) is 0 Å². The molecule has 108 valence electrons. The average Bonchev–Trinajstić information content (AvgIpc) is 2.41. The van der Waals surface area contributed by atoms with Crippen molar-refractivity contribution in [1.29, 1.82) is 0 Å². The van der Waals surface area contributed by atoms with Crippen LogP contribution in [0.25, 0.3) is 0 Å². The molecule has 1 aromatic carbocycles. The first-order valence-corrected chi connectivity index (χ1v) is 6.78. The van der Waals surface area contributed by atoms with Gasteiger partial charge in [-0.3, -0.25) is 14.9 Å². The number of nitrogens with zero attached hydrogens (tertiary/aromatic N) is 1. The minimum Gasteiger partial charge on any atom is -0.393 e. The molecule has 7 heteroatoms. The lowest BCUT2D eigenvalue weighted by atomic mass is 9.93. The molecule has 1 saturated carbocycles. The molecule has 1 aromatic rings. The van der Waals surface area contributed by atoms with Crippen LogP contribution in [-0.2, 0) is 0 Å². The quantitative estimate of drug-likeness (QED) is 0.661. The smallest absolute Gasteiger partial charge is 0.282 e. The SMILES string of the molecule is O=C(NC1CCC(O)CC1)c1cc(Cl)ccc1[N+](=O)[O-]. The zero-order chi connectivity index (χ0) is 14.7. The minimum absolute atomic E-state index is 0.0337. The van der Waals surface area contributed by atoms with E-state index in [1.807, 2.05) is 0 Å². The third-order valence-electron chi connectivity index (χ3n) is 3.43. The lowest BCUT2D eigenvalue weighted by molar-refractivity contribution is -0.385. The Morgan fingerprint density at radius 1 is 1.35 bits per heavy atom. The van der Waals surface area contributed by atoms with Crippen LogP contribution < -0.4 is 5.32 Å². The molecule has 1 fully saturated rings. The maximum absolute atomic E-state index is 12.1. The summed E-state index contributed by atoms with van der Waals surface area (Å²) in [4.78, 5) is 22.5. The molecule has 0 saturated heterocycles. The highest BCUT2D eigenvalue weighted by Gasteiger charge is 2.25. The van der Waals surface area contributed by atoms with E-state index >= 15 is 0 Å². The van der Waals surface area contributed by atoms with Crippen molar-refractivity contribution in [2.45, 2.75) is 37.8 Å². The van der Waals surface area contributed by atoms with Gasteiger partial charge >= 0.3 is 0 Å². The van der Waals surface area contributed by atoms with Crippen molar-refractivity contribution in [2.24, 2.45) is 0 Å². The number of aliphatic hydroxyl groups excluding tert-OH is 1. The number of hydrogen-bond donors (Lipinski definition) is 2. The van der Waals surface area contributed by atoms with E-state index in [9.17, 15) is 20.0 Å². The van der Waals surface area contributed by atoms with E-state index in [2.05, 4.69) is 5.32 Å². The molecule has 6 nitrogen and oxygen atoms in total. The van der Waals surface area contributed by atoms with Crippen molar-refractivity contribution < 1.29 is 14.8 Å². The van der Waals surface area contributed by atoms with Crippen molar-refractivity contribution in [3.63, 3.8) is 0 Å². The molecule has 0 heterocycles. The summed E-state index contributed by atoms with van der Waals surface area (Å²) in [5.41, 5.74) is -0.295. The average molecular weight is 299 g/mol. The molecule has 0 aromatic heterocycles. The van der Waals surface area contributed by atoms with Crippen molar-refractivity contribution in [3.05, 3.63) is 38.9 Å². The highest BCUT2D eigenvalue weighted by Crippen LogP contribution is 2.24. The molecule has 0 aliphatic heterocycles. The number of aliphatic hydroxyl groups is 1. The first-order valence-electron chi connectivity index (χ1n) is 6.40. The Balaban J connectivity index is 2.12. The zero-order valence-corrected chi connectivity index (χ0v) is 11.5. The van der Waals surface area contributed by atoms with Crippen LogP contribution in [0, 0.1) is 10.1 Å². The first-order chi connectivity index (χ1) is 9.47. The van der Waals surface area contributed by atoms with E-state index in [1.165, 1.54) is 18.2 Å². The van der Waals surface area contributed by atoms with Gasteiger partial charge in [0.15, 0.2) is 0 Å². The van der Waals surface area contributed by atoms with Gasteiger partial charge < -0.3 is 10.4 Å². The van der Waals surface area contributed by atoms with E-state index in [0.29, 0.717) is 25.7 Å². The van der Waals surface area contributed by atoms with Gasteiger partial charge in [0.2, 0.25) is 0 Å². The van der Waals surface area contributed by atoms with E-state index < -0.39 is 10.8 Å². The monoisotopic (exact) mass is 298 g/mol. The number of amides is 1. The highest BCUT2D eigenvalue weighted by atomic mass is 35.5. The first kappa shape index (κ1) is 14.7. The predicted molar refractivity (Wildman–Crippen MR) is 73.8 cm³/mol. The van der Waals surface area contributed by atoms with Crippen LogP contribution in [0.2, 0.25) is 5.02 Å². The Labute approximate surface area is 120 Å². The molecule has 20 heavy (non-hydrogen) atoms. The highest BCUT2D eigenvalue weighted by molar-refractivity contribution is 6.31. The fourth-order valence-corrected chi connectivity index (χ4v) is 2.50. The maximum Gasteiger partial charge on any atom is 0.282 e. The third kappa shape index (κ3) is 3.46. The molecule has 2 N–H and O–H groups in total. The molecular formula is C13H15ClN2O4. The second-order valence-electron chi connectivity index (χ2n) is 4.90. The summed E-state index contributed by atoms with van der Waals surface area (Å²) in [6.45, 7) is 0.